The van der Waals surface area contributed by atoms with E-state index >= 15 is 0 Å². The minimum absolute atomic E-state index is 0.572. The second kappa shape index (κ2) is 5.87. The molecule has 0 spiro atoms. The molecule has 0 unspecified atom stereocenters. The Morgan fingerprint density at radius 2 is 2.18 bits per heavy atom. The van der Waals surface area contributed by atoms with Crippen LogP contribution in [-0.4, -0.2) is 37.8 Å². The Balaban J connectivity index is 2.06. The first kappa shape index (κ1) is 12.2. The predicted molar refractivity (Wildman–Crippen MR) is 70.6 cm³/mol. The standard InChI is InChI=1S/C13H21N3O/c1-3-15-11-8-13(10-14-9-11)16(2)12-4-6-17-7-5-12/h8-10,12,15H,3-7H2,1-2H3. The second-order valence-electron chi connectivity index (χ2n) is 4.42. The van der Waals surface area contributed by atoms with Crippen molar-refractivity contribution in [1.82, 2.24) is 4.98 Å². The summed E-state index contributed by atoms with van der Waals surface area (Å²) in [6, 6.07) is 2.73. The fourth-order valence-electron chi connectivity index (χ4n) is 2.20. The highest BCUT2D eigenvalue weighted by molar-refractivity contribution is 5.55. The quantitative estimate of drug-likeness (QED) is 0.867. The Morgan fingerprint density at radius 1 is 1.41 bits per heavy atom. The molecule has 94 valence electrons. The van der Waals surface area contributed by atoms with Gasteiger partial charge in [-0.2, -0.15) is 0 Å². The number of nitrogens with one attached hydrogen (secondary N) is 1. The summed E-state index contributed by atoms with van der Waals surface area (Å²) in [5.74, 6) is 0. The zero-order valence-electron chi connectivity index (χ0n) is 10.6. The van der Waals surface area contributed by atoms with Gasteiger partial charge in [-0.3, -0.25) is 4.98 Å². The van der Waals surface area contributed by atoms with Gasteiger partial charge in [-0.05, 0) is 25.8 Å². The highest BCUT2D eigenvalue weighted by atomic mass is 16.5. The van der Waals surface area contributed by atoms with Crippen molar-refractivity contribution in [3.8, 4) is 0 Å². The van der Waals surface area contributed by atoms with Crippen LogP contribution in [0.1, 0.15) is 19.8 Å². The lowest BCUT2D eigenvalue weighted by Crippen LogP contribution is -2.36. The number of anilines is 2. The minimum Gasteiger partial charge on any atom is -0.384 e. The number of rotatable bonds is 4. The zero-order chi connectivity index (χ0) is 12.1. The van der Waals surface area contributed by atoms with E-state index in [0.29, 0.717) is 6.04 Å². The van der Waals surface area contributed by atoms with Gasteiger partial charge in [-0.25, -0.2) is 0 Å². The first-order valence-electron chi connectivity index (χ1n) is 6.30. The van der Waals surface area contributed by atoms with E-state index in [0.717, 1.165) is 38.3 Å². The summed E-state index contributed by atoms with van der Waals surface area (Å²) < 4.78 is 5.39. The molecular formula is C13H21N3O. The van der Waals surface area contributed by atoms with Crippen molar-refractivity contribution in [3.05, 3.63) is 18.5 Å². The topological polar surface area (TPSA) is 37.4 Å². The maximum atomic E-state index is 5.39. The van der Waals surface area contributed by atoms with Crippen LogP contribution >= 0.6 is 0 Å². The molecule has 1 aliphatic heterocycles. The molecule has 0 aromatic carbocycles. The smallest absolute Gasteiger partial charge is 0.0573 e. The summed E-state index contributed by atoms with van der Waals surface area (Å²) in [5, 5.41) is 3.29. The van der Waals surface area contributed by atoms with E-state index in [-0.39, 0.29) is 0 Å². The Labute approximate surface area is 103 Å². The third-order valence-corrected chi connectivity index (χ3v) is 3.25. The predicted octanol–water partition coefficient (Wildman–Crippen LogP) is 2.13. The molecule has 1 aliphatic rings. The molecule has 1 aromatic rings. The fourth-order valence-corrected chi connectivity index (χ4v) is 2.20. The minimum atomic E-state index is 0.572. The summed E-state index contributed by atoms with van der Waals surface area (Å²) in [4.78, 5) is 6.60. The molecule has 17 heavy (non-hydrogen) atoms. The molecule has 0 bridgehead atoms. The van der Waals surface area contributed by atoms with Crippen LogP contribution in [0.15, 0.2) is 18.5 Å². The average molecular weight is 235 g/mol. The number of pyridine rings is 1. The van der Waals surface area contributed by atoms with Crippen molar-refractivity contribution in [3.63, 3.8) is 0 Å². The van der Waals surface area contributed by atoms with Crippen molar-refractivity contribution in [2.45, 2.75) is 25.8 Å². The van der Waals surface area contributed by atoms with Gasteiger partial charge < -0.3 is 15.0 Å². The van der Waals surface area contributed by atoms with E-state index in [1.807, 2.05) is 12.4 Å². The van der Waals surface area contributed by atoms with Crippen molar-refractivity contribution < 1.29 is 4.74 Å². The first-order chi connectivity index (χ1) is 8.31. The second-order valence-corrected chi connectivity index (χ2v) is 4.42. The fraction of sp³-hybridized carbons (Fsp3) is 0.615. The van der Waals surface area contributed by atoms with Gasteiger partial charge in [0, 0.05) is 32.8 Å². The molecule has 1 N–H and O–H groups in total. The van der Waals surface area contributed by atoms with Crippen molar-refractivity contribution >= 4 is 11.4 Å². The van der Waals surface area contributed by atoms with Crippen LogP contribution < -0.4 is 10.2 Å². The summed E-state index contributed by atoms with van der Waals surface area (Å²) in [6.07, 6.45) is 5.99. The largest absolute Gasteiger partial charge is 0.384 e. The van der Waals surface area contributed by atoms with Gasteiger partial charge >= 0.3 is 0 Å². The molecule has 0 aliphatic carbocycles. The lowest BCUT2D eigenvalue weighted by molar-refractivity contribution is 0.0855. The van der Waals surface area contributed by atoms with Gasteiger partial charge in [0.15, 0.2) is 0 Å². The molecule has 0 atom stereocenters. The molecule has 2 rings (SSSR count). The molecule has 1 aromatic heterocycles. The number of hydrogen-bond donors (Lipinski definition) is 1. The van der Waals surface area contributed by atoms with Crippen molar-refractivity contribution in [2.75, 3.05) is 37.0 Å². The Hall–Kier alpha value is -1.29. The molecular weight excluding hydrogens is 214 g/mol. The molecule has 2 heterocycles. The van der Waals surface area contributed by atoms with Crippen LogP contribution in [-0.2, 0) is 4.74 Å². The lowest BCUT2D eigenvalue weighted by Gasteiger charge is -2.32. The monoisotopic (exact) mass is 235 g/mol. The molecule has 1 fully saturated rings. The molecule has 1 saturated heterocycles. The Morgan fingerprint density at radius 3 is 2.88 bits per heavy atom. The van der Waals surface area contributed by atoms with Gasteiger partial charge in [0.2, 0.25) is 0 Å². The lowest BCUT2D eigenvalue weighted by atomic mass is 10.1. The summed E-state index contributed by atoms with van der Waals surface area (Å²) >= 11 is 0. The van der Waals surface area contributed by atoms with Crippen molar-refractivity contribution in [1.29, 1.82) is 0 Å². The van der Waals surface area contributed by atoms with Gasteiger partial charge in [0.1, 0.15) is 0 Å². The summed E-state index contributed by atoms with van der Waals surface area (Å²) in [7, 11) is 2.14. The Kier molecular flexibility index (Phi) is 4.20. The first-order valence-corrected chi connectivity index (χ1v) is 6.30. The van der Waals surface area contributed by atoms with E-state index in [1.165, 1.54) is 5.69 Å². The van der Waals surface area contributed by atoms with Gasteiger partial charge in [-0.15, -0.1) is 0 Å². The van der Waals surface area contributed by atoms with Gasteiger partial charge in [0.05, 0.1) is 23.8 Å². The van der Waals surface area contributed by atoms with Crippen LogP contribution in [0, 0.1) is 0 Å². The van der Waals surface area contributed by atoms with Crippen molar-refractivity contribution in [2.24, 2.45) is 0 Å². The summed E-state index contributed by atoms with van der Waals surface area (Å²) in [5.41, 5.74) is 2.26. The zero-order valence-corrected chi connectivity index (χ0v) is 10.6. The van der Waals surface area contributed by atoms with Crippen LogP contribution in [0.2, 0.25) is 0 Å². The maximum absolute atomic E-state index is 5.39. The molecule has 4 nitrogen and oxygen atoms in total. The van der Waals surface area contributed by atoms with Crippen LogP contribution in [0.4, 0.5) is 11.4 Å². The van der Waals surface area contributed by atoms with Crippen LogP contribution in [0.25, 0.3) is 0 Å². The highest BCUT2D eigenvalue weighted by Gasteiger charge is 2.18. The van der Waals surface area contributed by atoms with E-state index < -0.39 is 0 Å². The SMILES string of the molecule is CCNc1cncc(N(C)C2CCOCC2)c1. The van der Waals surface area contributed by atoms with E-state index in [9.17, 15) is 0 Å². The number of ether oxygens (including phenoxy) is 1. The number of aromatic nitrogens is 1. The third kappa shape index (κ3) is 3.09. The van der Waals surface area contributed by atoms with Gasteiger partial charge in [0.25, 0.3) is 0 Å². The third-order valence-electron chi connectivity index (χ3n) is 3.25. The van der Waals surface area contributed by atoms with Crippen LogP contribution in [0.3, 0.4) is 0 Å². The molecule has 0 radical (unpaired) electrons. The average Bonchev–Trinajstić information content (AvgIpc) is 2.40. The molecule has 4 heteroatoms. The molecule has 0 amide bonds. The van der Waals surface area contributed by atoms with Gasteiger partial charge in [-0.1, -0.05) is 0 Å². The van der Waals surface area contributed by atoms with E-state index in [4.69, 9.17) is 4.74 Å². The van der Waals surface area contributed by atoms with E-state index in [2.05, 4.69) is 35.2 Å². The number of nitrogens with zero attached hydrogens (tertiary/aromatic N) is 2. The number of hydrogen-bond acceptors (Lipinski definition) is 4. The van der Waals surface area contributed by atoms with E-state index in [1.54, 1.807) is 0 Å². The molecule has 0 saturated carbocycles. The summed E-state index contributed by atoms with van der Waals surface area (Å²) in [6.45, 7) is 4.76. The maximum Gasteiger partial charge on any atom is 0.0573 e. The normalized spacial score (nSPS) is 16.8. The van der Waals surface area contributed by atoms with Crippen LogP contribution in [0.5, 0.6) is 0 Å². The Bertz CT molecular complexity index is 350. The highest BCUT2D eigenvalue weighted by Crippen LogP contribution is 2.22.